The fourth-order valence-electron chi connectivity index (χ4n) is 2.03. The zero-order valence-corrected chi connectivity index (χ0v) is 11.6. The molecule has 2 aromatic carbocycles. The van der Waals surface area contributed by atoms with Crippen LogP contribution < -0.4 is 4.74 Å². The van der Waals surface area contributed by atoms with Crippen molar-refractivity contribution in [3.63, 3.8) is 0 Å². The highest BCUT2D eigenvalue weighted by atomic mass is 35.5. The van der Waals surface area contributed by atoms with Gasteiger partial charge in [-0.05, 0) is 35.0 Å². The lowest BCUT2D eigenvalue weighted by atomic mass is 9.83. The monoisotopic (exact) mass is 264 g/mol. The average Bonchev–Trinajstić information content (AvgIpc) is 2.37. The molecule has 0 unspecified atom stereocenters. The highest BCUT2D eigenvalue weighted by Crippen LogP contribution is 2.35. The van der Waals surface area contributed by atoms with Crippen LogP contribution in [0.5, 0.6) is 5.75 Å². The van der Waals surface area contributed by atoms with E-state index in [0.29, 0.717) is 5.02 Å². The van der Waals surface area contributed by atoms with Crippen LogP contribution in [-0.4, -0.2) is 18.8 Å². The summed E-state index contributed by atoms with van der Waals surface area (Å²) >= 11 is 6.01. The molecule has 96 valence electrons. The van der Waals surface area contributed by atoms with Gasteiger partial charge in [0, 0.05) is 16.0 Å². The van der Waals surface area contributed by atoms with Gasteiger partial charge < -0.3 is 9.84 Å². The van der Waals surface area contributed by atoms with E-state index < -0.39 is 0 Å². The van der Waals surface area contributed by atoms with E-state index in [-0.39, 0.29) is 12.0 Å². The molecular formula is C15H17ClO2. The van der Waals surface area contributed by atoms with Crippen LogP contribution in [0.1, 0.15) is 19.4 Å². The van der Waals surface area contributed by atoms with Crippen molar-refractivity contribution >= 4 is 22.4 Å². The third-order valence-corrected chi connectivity index (χ3v) is 3.48. The van der Waals surface area contributed by atoms with E-state index in [1.165, 1.54) is 0 Å². The van der Waals surface area contributed by atoms with Gasteiger partial charge in [-0.15, -0.1) is 0 Å². The van der Waals surface area contributed by atoms with Crippen LogP contribution in [0, 0.1) is 0 Å². The van der Waals surface area contributed by atoms with Crippen LogP contribution >= 0.6 is 11.6 Å². The Morgan fingerprint density at radius 1 is 1.17 bits per heavy atom. The van der Waals surface area contributed by atoms with Crippen molar-refractivity contribution in [2.75, 3.05) is 13.7 Å². The van der Waals surface area contributed by atoms with Crippen LogP contribution in [0.2, 0.25) is 5.02 Å². The lowest BCUT2D eigenvalue weighted by Crippen LogP contribution is -2.22. The zero-order valence-electron chi connectivity index (χ0n) is 10.8. The lowest BCUT2D eigenvalue weighted by molar-refractivity contribution is 0.215. The van der Waals surface area contributed by atoms with Crippen LogP contribution in [0.3, 0.4) is 0 Å². The molecule has 0 amide bonds. The van der Waals surface area contributed by atoms with E-state index in [0.717, 1.165) is 22.1 Å². The molecule has 2 rings (SSSR count). The summed E-state index contributed by atoms with van der Waals surface area (Å²) in [6.07, 6.45) is 0. The first-order valence-electron chi connectivity index (χ1n) is 5.86. The molecule has 0 bridgehead atoms. The molecule has 3 heteroatoms. The summed E-state index contributed by atoms with van der Waals surface area (Å²) < 4.78 is 5.43. The molecule has 0 saturated heterocycles. The Bertz CT molecular complexity index is 576. The molecule has 0 saturated carbocycles. The van der Waals surface area contributed by atoms with Gasteiger partial charge in [0.2, 0.25) is 0 Å². The van der Waals surface area contributed by atoms with Gasteiger partial charge in [0.05, 0.1) is 13.7 Å². The molecule has 0 aliphatic rings. The van der Waals surface area contributed by atoms with E-state index in [4.69, 9.17) is 16.3 Å². The number of methoxy groups -OCH3 is 1. The van der Waals surface area contributed by atoms with Crippen LogP contribution in [0.25, 0.3) is 10.8 Å². The van der Waals surface area contributed by atoms with Gasteiger partial charge in [-0.3, -0.25) is 0 Å². The summed E-state index contributed by atoms with van der Waals surface area (Å²) in [7, 11) is 1.65. The van der Waals surface area contributed by atoms with E-state index >= 15 is 0 Å². The van der Waals surface area contributed by atoms with Crippen LogP contribution in [0.15, 0.2) is 30.3 Å². The number of hydrogen-bond donors (Lipinski definition) is 1. The number of ether oxygens (including phenoxy) is 1. The molecule has 0 spiro atoms. The first-order valence-corrected chi connectivity index (χ1v) is 6.24. The summed E-state index contributed by atoms with van der Waals surface area (Å²) in [5.74, 6) is 0.795. The molecule has 0 radical (unpaired) electrons. The molecule has 0 fully saturated rings. The Morgan fingerprint density at radius 2 is 1.89 bits per heavy atom. The Labute approximate surface area is 112 Å². The van der Waals surface area contributed by atoms with Crippen molar-refractivity contribution < 1.29 is 9.84 Å². The summed E-state index contributed by atoms with van der Waals surface area (Å²) in [6.45, 7) is 4.04. The third-order valence-electron chi connectivity index (χ3n) is 3.25. The number of hydrogen-bond acceptors (Lipinski definition) is 2. The van der Waals surface area contributed by atoms with Gasteiger partial charge in [0.15, 0.2) is 0 Å². The largest absolute Gasteiger partial charge is 0.496 e. The fraction of sp³-hybridized carbons (Fsp3) is 0.333. The molecule has 2 aromatic rings. The zero-order chi connectivity index (χ0) is 13.3. The maximum Gasteiger partial charge on any atom is 0.123 e. The lowest BCUT2D eigenvalue weighted by Gasteiger charge is -2.25. The maximum atomic E-state index is 9.51. The van der Waals surface area contributed by atoms with Gasteiger partial charge in [-0.25, -0.2) is 0 Å². The maximum absolute atomic E-state index is 9.51. The number of fused-ring (bicyclic) bond motifs is 1. The fourth-order valence-corrected chi connectivity index (χ4v) is 2.21. The molecule has 0 aliphatic carbocycles. The Morgan fingerprint density at radius 3 is 2.50 bits per heavy atom. The van der Waals surface area contributed by atoms with Crippen molar-refractivity contribution in [2.24, 2.45) is 0 Å². The quantitative estimate of drug-likeness (QED) is 0.914. The van der Waals surface area contributed by atoms with Crippen molar-refractivity contribution in [3.8, 4) is 5.75 Å². The number of aliphatic hydroxyl groups is 1. The second kappa shape index (κ2) is 4.79. The summed E-state index contributed by atoms with van der Waals surface area (Å²) in [5.41, 5.74) is 0.643. The van der Waals surface area contributed by atoms with Gasteiger partial charge in [-0.2, -0.15) is 0 Å². The topological polar surface area (TPSA) is 29.5 Å². The molecule has 0 aliphatic heterocycles. The van der Waals surface area contributed by atoms with Crippen molar-refractivity contribution in [2.45, 2.75) is 19.3 Å². The average molecular weight is 265 g/mol. The predicted molar refractivity (Wildman–Crippen MR) is 75.6 cm³/mol. The van der Waals surface area contributed by atoms with E-state index in [9.17, 15) is 5.11 Å². The van der Waals surface area contributed by atoms with Gasteiger partial charge in [0.25, 0.3) is 0 Å². The molecule has 0 heterocycles. The van der Waals surface area contributed by atoms with Crippen LogP contribution in [-0.2, 0) is 5.41 Å². The summed E-state index contributed by atoms with van der Waals surface area (Å²) in [6, 6.07) is 9.78. The summed E-state index contributed by atoms with van der Waals surface area (Å²) in [5, 5.41) is 12.4. The molecular weight excluding hydrogens is 248 g/mol. The highest BCUT2D eigenvalue weighted by Gasteiger charge is 2.24. The number of halogens is 1. The molecule has 2 nitrogen and oxygen atoms in total. The van der Waals surface area contributed by atoms with Crippen molar-refractivity contribution in [1.29, 1.82) is 0 Å². The third kappa shape index (κ3) is 2.31. The van der Waals surface area contributed by atoms with Crippen molar-refractivity contribution in [3.05, 3.63) is 40.9 Å². The van der Waals surface area contributed by atoms with Crippen molar-refractivity contribution in [1.82, 2.24) is 0 Å². The van der Waals surface area contributed by atoms with E-state index in [1.54, 1.807) is 7.11 Å². The minimum atomic E-state index is -0.345. The Balaban J connectivity index is 2.71. The molecule has 18 heavy (non-hydrogen) atoms. The van der Waals surface area contributed by atoms with E-state index in [2.05, 4.69) is 0 Å². The minimum absolute atomic E-state index is 0.0649. The first-order chi connectivity index (χ1) is 8.47. The normalized spacial score (nSPS) is 11.8. The molecule has 0 aromatic heterocycles. The standard InChI is InChI=1S/C15H17ClO2/c1-15(2,9-17)13-7-11-6-12(16)5-4-10(11)8-14(13)18-3/h4-8,17H,9H2,1-3H3. The second-order valence-corrected chi connectivity index (χ2v) is 5.52. The highest BCUT2D eigenvalue weighted by molar-refractivity contribution is 6.31. The van der Waals surface area contributed by atoms with Gasteiger partial charge in [-0.1, -0.05) is 31.5 Å². The summed E-state index contributed by atoms with van der Waals surface area (Å²) in [4.78, 5) is 0. The molecule has 0 atom stereocenters. The van der Waals surface area contributed by atoms with Gasteiger partial charge >= 0.3 is 0 Å². The number of rotatable bonds is 3. The van der Waals surface area contributed by atoms with Crippen LogP contribution in [0.4, 0.5) is 0 Å². The van der Waals surface area contributed by atoms with E-state index in [1.807, 2.05) is 44.2 Å². The smallest absolute Gasteiger partial charge is 0.123 e. The second-order valence-electron chi connectivity index (χ2n) is 5.09. The predicted octanol–water partition coefficient (Wildman–Crippen LogP) is 3.77. The number of aliphatic hydroxyl groups excluding tert-OH is 1. The number of benzene rings is 2. The SMILES string of the molecule is COc1cc2ccc(Cl)cc2cc1C(C)(C)CO. The minimum Gasteiger partial charge on any atom is -0.496 e. The Kier molecular flexibility index (Phi) is 3.51. The first kappa shape index (κ1) is 13.2. The Hall–Kier alpha value is -1.25. The molecule has 1 N–H and O–H groups in total. The van der Waals surface area contributed by atoms with Gasteiger partial charge in [0.1, 0.15) is 5.75 Å².